The molecule has 0 aliphatic carbocycles. The highest BCUT2D eigenvalue weighted by atomic mass is 16.5. The molecule has 0 saturated carbocycles. The van der Waals surface area contributed by atoms with Crippen molar-refractivity contribution in [2.75, 3.05) is 26.7 Å². The highest BCUT2D eigenvalue weighted by Crippen LogP contribution is 2.20. The molecule has 2 unspecified atom stereocenters. The van der Waals surface area contributed by atoms with E-state index < -0.39 is 0 Å². The maximum atomic E-state index is 11.8. The molecule has 1 amide bonds. The van der Waals surface area contributed by atoms with Gasteiger partial charge in [-0.05, 0) is 12.3 Å². The number of piperidine rings is 1. The van der Waals surface area contributed by atoms with Crippen LogP contribution in [0.3, 0.4) is 0 Å². The summed E-state index contributed by atoms with van der Waals surface area (Å²) in [6, 6.07) is 2.11. The first-order valence-electron chi connectivity index (χ1n) is 6.92. The summed E-state index contributed by atoms with van der Waals surface area (Å²) in [6.07, 6.45) is 1.07. The molecule has 0 aromatic carbocycles. The van der Waals surface area contributed by atoms with E-state index in [0.717, 1.165) is 6.42 Å². The molecule has 1 aliphatic heterocycles. The van der Waals surface area contributed by atoms with Gasteiger partial charge in [0.05, 0.1) is 19.7 Å². The minimum Gasteiger partial charge on any atom is -0.469 e. The number of nitriles is 1. The molecule has 1 rings (SSSR count). The minimum absolute atomic E-state index is 0.00521. The van der Waals surface area contributed by atoms with E-state index in [-0.39, 0.29) is 29.8 Å². The summed E-state index contributed by atoms with van der Waals surface area (Å²) in [5, 5.41) is 11.8. The minimum atomic E-state index is -0.247. The molecule has 6 heteroatoms. The number of hydrogen-bond donors (Lipinski definition) is 1. The van der Waals surface area contributed by atoms with Gasteiger partial charge in [-0.3, -0.25) is 14.5 Å². The van der Waals surface area contributed by atoms with Gasteiger partial charge in [0, 0.05) is 31.5 Å². The Morgan fingerprint density at radius 1 is 1.45 bits per heavy atom. The van der Waals surface area contributed by atoms with E-state index in [1.165, 1.54) is 7.11 Å². The van der Waals surface area contributed by atoms with Crippen LogP contribution in [-0.4, -0.2) is 49.6 Å². The molecule has 1 heterocycles. The lowest BCUT2D eigenvalue weighted by molar-refractivity contribution is -0.142. The Kier molecular flexibility index (Phi) is 6.46. The normalized spacial score (nSPS) is 23.1. The number of ether oxygens (including phenoxy) is 1. The van der Waals surface area contributed by atoms with Crippen LogP contribution in [0.2, 0.25) is 0 Å². The number of esters is 1. The number of nitrogens with zero attached hydrogens (tertiary/aromatic N) is 2. The van der Waals surface area contributed by atoms with Gasteiger partial charge in [-0.25, -0.2) is 0 Å². The molecule has 0 bridgehead atoms. The number of rotatable bonds is 5. The van der Waals surface area contributed by atoms with Crippen molar-refractivity contribution in [3.05, 3.63) is 0 Å². The number of nitrogens with one attached hydrogen (secondary N) is 1. The monoisotopic (exact) mass is 281 g/mol. The third-order valence-electron chi connectivity index (χ3n) is 3.46. The topological polar surface area (TPSA) is 82.4 Å². The summed E-state index contributed by atoms with van der Waals surface area (Å²) < 4.78 is 4.69. The van der Waals surface area contributed by atoms with Crippen LogP contribution in [0.25, 0.3) is 0 Å². The lowest BCUT2D eigenvalue weighted by Gasteiger charge is -2.36. The first kappa shape index (κ1) is 16.4. The Morgan fingerprint density at radius 2 is 2.15 bits per heavy atom. The van der Waals surface area contributed by atoms with Crippen molar-refractivity contribution in [2.45, 2.75) is 32.7 Å². The largest absolute Gasteiger partial charge is 0.469 e. The second kappa shape index (κ2) is 7.85. The number of hydrogen-bond acceptors (Lipinski definition) is 5. The SMILES string of the molecule is COC(=O)CC1CC(NC(=O)C(C)C)CN(CC#N)C1. The number of methoxy groups -OCH3 is 1. The fraction of sp³-hybridized carbons (Fsp3) is 0.786. The van der Waals surface area contributed by atoms with Crippen LogP contribution >= 0.6 is 0 Å². The van der Waals surface area contributed by atoms with Crippen LogP contribution in [0.15, 0.2) is 0 Å². The molecule has 0 radical (unpaired) electrons. The van der Waals surface area contributed by atoms with Gasteiger partial charge < -0.3 is 10.1 Å². The van der Waals surface area contributed by atoms with Crippen molar-refractivity contribution >= 4 is 11.9 Å². The molecule has 1 aliphatic rings. The zero-order valence-corrected chi connectivity index (χ0v) is 12.4. The molecule has 1 fully saturated rings. The van der Waals surface area contributed by atoms with Crippen molar-refractivity contribution in [3.8, 4) is 6.07 Å². The summed E-state index contributed by atoms with van der Waals surface area (Å²) in [7, 11) is 1.37. The maximum absolute atomic E-state index is 11.8. The molecule has 0 aromatic rings. The van der Waals surface area contributed by atoms with E-state index in [1.807, 2.05) is 18.7 Å². The van der Waals surface area contributed by atoms with Crippen LogP contribution < -0.4 is 5.32 Å². The van der Waals surface area contributed by atoms with Gasteiger partial charge in [0.15, 0.2) is 0 Å². The van der Waals surface area contributed by atoms with Crippen LogP contribution in [0.4, 0.5) is 0 Å². The van der Waals surface area contributed by atoms with Crippen LogP contribution in [-0.2, 0) is 14.3 Å². The predicted octanol–water partition coefficient (Wildman–Crippen LogP) is 0.536. The van der Waals surface area contributed by atoms with Gasteiger partial charge in [-0.2, -0.15) is 5.26 Å². The highest BCUT2D eigenvalue weighted by molar-refractivity contribution is 5.78. The fourth-order valence-corrected chi connectivity index (χ4v) is 2.47. The van der Waals surface area contributed by atoms with E-state index >= 15 is 0 Å². The molecule has 1 saturated heterocycles. The predicted molar refractivity (Wildman–Crippen MR) is 73.6 cm³/mol. The van der Waals surface area contributed by atoms with Gasteiger partial charge >= 0.3 is 5.97 Å². The highest BCUT2D eigenvalue weighted by Gasteiger charge is 2.30. The summed E-state index contributed by atoms with van der Waals surface area (Å²) in [4.78, 5) is 25.1. The number of likely N-dealkylation sites (tertiary alicyclic amines) is 1. The van der Waals surface area contributed by atoms with Gasteiger partial charge in [0.25, 0.3) is 0 Å². The third-order valence-corrected chi connectivity index (χ3v) is 3.46. The molecular formula is C14H23N3O3. The van der Waals surface area contributed by atoms with Gasteiger partial charge in [0.2, 0.25) is 5.91 Å². The zero-order chi connectivity index (χ0) is 15.1. The standard InChI is InChI=1S/C14H23N3O3/c1-10(2)14(19)16-12-6-11(7-13(18)20-3)8-17(9-12)5-4-15/h10-12H,5-9H2,1-3H3,(H,16,19). The summed E-state index contributed by atoms with van der Waals surface area (Å²) in [6.45, 7) is 5.35. The maximum Gasteiger partial charge on any atom is 0.305 e. The second-order valence-electron chi connectivity index (χ2n) is 5.59. The first-order valence-corrected chi connectivity index (χ1v) is 6.92. The van der Waals surface area contributed by atoms with Gasteiger partial charge in [-0.15, -0.1) is 0 Å². The molecule has 6 nitrogen and oxygen atoms in total. The Bertz CT molecular complexity index is 390. The van der Waals surface area contributed by atoms with Crippen molar-refractivity contribution in [2.24, 2.45) is 11.8 Å². The van der Waals surface area contributed by atoms with E-state index in [4.69, 9.17) is 10.00 Å². The van der Waals surface area contributed by atoms with E-state index in [9.17, 15) is 9.59 Å². The van der Waals surface area contributed by atoms with Crippen molar-refractivity contribution in [3.63, 3.8) is 0 Å². The van der Waals surface area contributed by atoms with Crippen molar-refractivity contribution in [1.82, 2.24) is 10.2 Å². The first-order chi connectivity index (χ1) is 9.46. The molecular weight excluding hydrogens is 258 g/mol. The molecule has 2 atom stereocenters. The van der Waals surface area contributed by atoms with Crippen molar-refractivity contribution in [1.29, 1.82) is 5.26 Å². The third kappa shape index (κ3) is 5.17. The molecule has 20 heavy (non-hydrogen) atoms. The Morgan fingerprint density at radius 3 is 2.70 bits per heavy atom. The van der Waals surface area contributed by atoms with E-state index in [1.54, 1.807) is 0 Å². The number of carbonyl (C=O) groups is 2. The molecule has 112 valence electrons. The number of amides is 1. The van der Waals surface area contributed by atoms with Crippen LogP contribution in [0.5, 0.6) is 0 Å². The van der Waals surface area contributed by atoms with E-state index in [2.05, 4.69) is 11.4 Å². The summed E-state index contributed by atoms with van der Waals surface area (Å²) in [5.41, 5.74) is 0. The number of carbonyl (C=O) groups excluding carboxylic acids is 2. The molecule has 1 N–H and O–H groups in total. The molecule has 0 spiro atoms. The quantitative estimate of drug-likeness (QED) is 0.587. The average molecular weight is 281 g/mol. The summed E-state index contributed by atoms with van der Waals surface area (Å²) >= 11 is 0. The fourth-order valence-electron chi connectivity index (χ4n) is 2.47. The Hall–Kier alpha value is -1.61. The Balaban J connectivity index is 2.63. The zero-order valence-electron chi connectivity index (χ0n) is 12.4. The van der Waals surface area contributed by atoms with E-state index in [0.29, 0.717) is 26.1 Å². The lowest BCUT2D eigenvalue weighted by atomic mass is 9.91. The summed E-state index contributed by atoms with van der Waals surface area (Å²) in [5.74, 6) is -0.198. The van der Waals surface area contributed by atoms with Crippen LogP contribution in [0.1, 0.15) is 26.7 Å². The van der Waals surface area contributed by atoms with Gasteiger partial charge in [0.1, 0.15) is 0 Å². The Labute approximate surface area is 120 Å². The lowest BCUT2D eigenvalue weighted by Crippen LogP contribution is -2.51. The average Bonchev–Trinajstić information content (AvgIpc) is 2.38. The van der Waals surface area contributed by atoms with Crippen LogP contribution in [0, 0.1) is 23.2 Å². The molecule has 0 aromatic heterocycles. The smallest absolute Gasteiger partial charge is 0.305 e. The van der Waals surface area contributed by atoms with Gasteiger partial charge in [-0.1, -0.05) is 13.8 Å². The van der Waals surface area contributed by atoms with Crippen molar-refractivity contribution < 1.29 is 14.3 Å². The second-order valence-corrected chi connectivity index (χ2v) is 5.59.